The Morgan fingerprint density at radius 2 is 1.67 bits per heavy atom. The average Bonchev–Trinajstić information content (AvgIpc) is 3.00. The van der Waals surface area contributed by atoms with Gasteiger partial charge in [0.25, 0.3) is 0 Å². The van der Waals surface area contributed by atoms with Gasteiger partial charge < -0.3 is 9.47 Å². The summed E-state index contributed by atoms with van der Waals surface area (Å²) in [7, 11) is 1.37. The first-order valence-electron chi connectivity index (χ1n) is 9.29. The first-order valence-corrected chi connectivity index (χ1v) is 9.29. The van der Waals surface area contributed by atoms with Crippen molar-refractivity contribution >= 4 is 12.1 Å². The molecule has 2 aromatic rings. The summed E-state index contributed by atoms with van der Waals surface area (Å²) in [5.74, 6) is 0.411. The van der Waals surface area contributed by atoms with E-state index in [4.69, 9.17) is 9.47 Å². The van der Waals surface area contributed by atoms with Crippen LogP contribution < -0.4 is 0 Å². The van der Waals surface area contributed by atoms with Crippen LogP contribution in [-0.4, -0.2) is 36.7 Å². The molecule has 1 aliphatic heterocycles. The normalized spacial score (nSPS) is 26.0. The molecule has 1 amide bonds. The highest BCUT2D eigenvalue weighted by atomic mass is 16.6. The van der Waals surface area contributed by atoms with E-state index in [-0.39, 0.29) is 24.4 Å². The highest BCUT2D eigenvalue weighted by Crippen LogP contribution is 2.54. The largest absolute Gasteiger partial charge is 0.467 e. The number of hydrogen-bond donors (Lipinski definition) is 0. The standard InChI is InChI=1S/C22H23NO4/c1-26-21(24)20-18-12-17(16-10-6-3-7-11-16)19(18)13-23(20)22(25)27-14-15-8-4-2-5-9-15/h2-11,17-20H,12-14H2,1H3/t17-,18+,19-,20-/m0/s1. The summed E-state index contributed by atoms with van der Waals surface area (Å²) in [4.78, 5) is 26.6. The number of rotatable bonds is 4. The van der Waals surface area contributed by atoms with Gasteiger partial charge in [-0.3, -0.25) is 4.90 Å². The van der Waals surface area contributed by atoms with Crippen LogP contribution in [0, 0.1) is 11.8 Å². The van der Waals surface area contributed by atoms with Crippen LogP contribution >= 0.6 is 0 Å². The SMILES string of the molecule is COC(=O)[C@@H]1[C@@H]2C[C@@H](c3ccccc3)[C@@H]2CN1C(=O)OCc1ccccc1. The molecular weight excluding hydrogens is 342 g/mol. The summed E-state index contributed by atoms with van der Waals surface area (Å²) in [6.45, 7) is 0.721. The molecule has 0 unspecified atom stereocenters. The molecule has 1 saturated carbocycles. The number of nitrogens with zero attached hydrogens (tertiary/aromatic N) is 1. The molecule has 0 aromatic heterocycles. The zero-order chi connectivity index (χ0) is 18.8. The van der Waals surface area contributed by atoms with Crippen molar-refractivity contribution in [1.82, 2.24) is 4.90 Å². The van der Waals surface area contributed by atoms with Gasteiger partial charge in [0.15, 0.2) is 0 Å². The van der Waals surface area contributed by atoms with Gasteiger partial charge in [0.1, 0.15) is 12.6 Å². The molecular formula is C22H23NO4. The van der Waals surface area contributed by atoms with Crippen LogP contribution in [-0.2, 0) is 20.9 Å². The first kappa shape index (κ1) is 17.6. The topological polar surface area (TPSA) is 55.8 Å². The fourth-order valence-electron chi connectivity index (χ4n) is 4.44. The van der Waals surface area contributed by atoms with Crippen LogP contribution in [0.4, 0.5) is 4.79 Å². The first-order chi connectivity index (χ1) is 13.2. The third-order valence-corrected chi connectivity index (χ3v) is 5.85. The van der Waals surface area contributed by atoms with Gasteiger partial charge in [0.05, 0.1) is 7.11 Å². The van der Waals surface area contributed by atoms with Gasteiger partial charge >= 0.3 is 12.1 Å². The second-order valence-corrected chi connectivity index (χ2v) is 7.24. The predicted octanol–water partition coefficient (Wildman–Crippen LogP) is 3.60. The Morgan fingerprint density at radius 1 is 1.00 bits per heavy atom. The zero-order valence-electron chi connectivity index (χ0n) is 15.3. The van der Waals surface area contributed by atoms with Gasteiger partial charge in [-0.25, -0.2) is 9.59 Å². The third kappa shape index (κ3) is 3.29. The highest BCUT2D eigenvalue weighted by Gasteiger charge is 2.57. The molecule has 0 bridgehead atoms. The average molecular weight is 365 g/mol. The van der Waals surface area contributed by atoms with E-state index >= 15 is 0 Å². The molecule has 2 aliphatic rings. The quantitative estimate of drug-likeness (QED) is 0.777. The lowest BCUT2D eigenvalue weighted by molar-refractivity contribution is -0.147. The summed E-state index contributed by atoms with van der Waals surface area (Å²) >= 11 is 0. The predicted molar refractivity (Wildman–Crippen MR) is 99.9 cm³/mol. The third-order valence-electron chi connectivity index (χ3n) is 5.85. The Hall–Kier alpha value is -2.82. The molecule has 4 atom stereocenters. The summed E-state index contributed by atoms with van der Waals surface area (Å²) in [5.41, 5.74) is 2.19. The van der Waals surface area contributed by atoms with Crippen LogP contribution in [0.1, 0.15) is 23.5 Å². The van der Waals surface area contributed by atoms with E-state index in [0.29, 0.717) is 12.5 Å². The molecule has 1 aliphatic carbocycles. The summed E-state index contributed by atoms with van der Waals surface area (Å²) < 4.78 is 10.5. The summed E-state index contributed by atoms with van der Waals surface area (Å²) in [6, 6.07) is 19.3. The monoisotopic (exact) mass is 365 g/mol. The van der Waals surface area contributed by atoms with E-state index in [1.165, 1.54) is 12.7 Å². The molecule has 4 rings (SSSR count). The van der Waals surface area contributed by atoms with Crippen molar-refractivity contribution in [2.45, 2.75) is 25.0 Å². The van der Waals surface area contributed by atoms with Crippen molar-refractivity contribution in [2.75, 3.05) is 13.7 Å². The molecule has 1 heterocycles. The number of likely N-dealkylation sites (tertiary alicyclic amines) is 1. The van der Waals surface area contributed by atoms with Crippen LogP contribution in [0.15, 0.2) is 60.7 Å². The molecule has 2 fully saturated rings. The van der Waals surface area contributed by atoms with E-state index in [0.717, 1.165) is 12.0 Å². The van der Waals surface area contributed by atoms with Gasteiger partial charge in [-0.15, -0.1) is 0 Å². The van der Waals surface area contributed by atoms with E-state index < -0.39 is 12.1 Å². The van der Waals surface area contributed by atoms with Crippen LogP contribution in [0.2, 0.25) is 0 Å². The number of ether oxygens (including phenoxy) is 2. The minimum atomic E-state index is -0.553. The van der Waals surface area contributed by atoms with Gasteiger partial charge in [-0.2, -0.15) is 0 Å². The van der Waals surface area contributed by atoms with Gasteiger partial charge in [-0.1, -0.05) is 60.7 Å². The lowest BCUT2D eigenvalue weighted by atomic mass is 9.62. The number of benzene rings is 2. The molecule has 0 spiro atoms. The molecule has 5 heteroatoms. The number of hydrogen-bond acceptors (Lipinski definition) is 4. The summed E-state index contributed by atoms with van der Waals surface area (Å²) in [5, 5.41) is 0. The van der Waals surface area contributed by atoms with Gasteiger partial charge in [0, 0.05) is 6.54 Å². The molecule has 140 valence electrons. The van der Waals surface area contributed by atoms with Crippen molar-refractivity contribution in [3.8, 4) is 0 Å². The maximum atomic E-state index is 12.7. The molecule has 5 nitrogen and oxygen atoms in total. The van der Waals surface area contributed by atoms with E-state index in [1.807, 2.05) is 48.5 Å². The van der Waals surface area contributed by atoms with E-state index in [2.05, 4.69) is 12.1 Å². The number of carbonyl (C=O) groups excluding carboxylic acids is 2. The Bertz CT molecular complexity index is 808. The van der Waals surface area contributed by atoms with Crippen LogP contribution in [0.5, 0.6) is 0 Å². The maximum Gasteiger partial charge on any atom is 0.410 e. The number of esters is 1. The summed E-state index contributed by atoms with van der Waals surface area (Å²) in [6.07, 6.45) is 0.437. The zero-order valence-corrected chi connectivity index (χ0v) is 15.3. The van der Waals surface area contributed by atoms with Gasteiger partial charge in [-0.05, 0) is 35.3 Å². The lowest BCUT2D eigenvalue weighted by Gasteiger charge is -2.41. The van der Waals surface area contributed by atoms with E-state index in [1.54, 1.807) is 4.90 Å². The number of carbonyl (C=O) groups is 2. The fraction of sp³-hybridized carbons (Fsp3) is 0.364. The molecule has 2 aromatic carbocycles. The second-order valence-electron chi connectivity index (χ2n) is 7.24. The Morgan fingerprint density at radius 3 is 2.33 bits per heavy atom. The van der Waals surface area contributed by atoms with Crippen molar-refractivity contribution < 1.29 is 19.1 Å². The van der Waals surface area contributed by atoms with Crippen LogP contribution in [0.3, 0.4) is 0 Å². The number of fused-ring (bicyclic) bond motifs is 1. The smallest absolute Gasteiger partial charge is 0.410 e. The van der Waals surface area contributed by atoms with Crippen molar-refractivity contribution in [2.24, 2.45) is 11.8 Å². The second kappa shape index (κ2) is 7.43. The van der Waals surface area contributed by atoms with Crippen molar-refractivity contribution in [3.05, 3.63) is 71.8 Å². The van der Waals surface area contributed by atoms with Crippen molar-refractivity contribution in [3.63, 3.8) is 0 Å². The Kier molecular flexibility index (Phi) is 4.84. The number of amides is 1. The minimum absolute atomic E-state index is 0.131. The number of methoxy groups -OCH3 is 1. The molecule has 0 N–H and O–H groups in total. The minimum Gasteiger partial charge on any atom is -0.467 e. The Labute approximate surface area is 158 Å². The lowest BCUT2D eigenvalue weighted by Crippen LogP contribution is -2.45. The molecule has 1 saturated heterocycles. The van der Waals surface area contributed by atoms with Crippen LogP contribution in [0.25, 0.3) is 0 Å². The van der Waals surface area contributed by atoms with E-state index in [9.17, 15) is 9.59 Å². The Balaban J connectivity index is 1.47. The van der Waals surface area contributed by atoms with Crippen molar-refractivity contribution in [1.29, 1.82) is 0 Å². The fourth-order valence-corrected chi connectivity index (χ4v) is 4.44. The highest BCUT2D eigenvalue weighted by molar-refractivity contribution is 5.83. The van der Waals surface area contributed by atoms with Gasteiger partial charge in [0.2, 0.25) is 0 Å². The molecule has 0 radical (unpaired) electrons. The molecule has 27 heavy (non-hydrogen) atoms. The maximum absolute atomic E-state index is 12.7.